The fourth-order valence-corrected chi connectivity index (χ4v) is 6.44. The smallest absolute Gasteiger partial charge is 0.121 e. The average Bonchev–Trinajstić information content (AvgIpc) is 2.99. The Hall–Kier alpha value is -1.86. The van der Waals surface area contributed by atoms with Crippen LogP contribution in [0.4, 0.5) is 11.4 Å². The average molecular weight is 639 g/mol. The lowest BCUT2D eigenvalue weighted by atomic mass is 10.0. The number of hydrogen-bond donors (Lipinski definition) is 1. The molecule has 41 heavy (non-hydrogen) atoms. The number of halogens is 4. The standard InChI is InChI=1S/C32H40Cl4N4O/c33-14-20-37(21-15-34)28-10-6-26(7-11-28)24-39-18-3-19-40(32(39)30-4-1-2-5-31(30)41)25-27-8-12-29(13-9-27)38(22-16-35)23-17-36/h1-2,4-13,32,41H,3,14-25H2. The molecule has 0 unspecified atom stereocenters. The molecular weight excluding hydrogens is 598 g/mol. The van der Waals surface area contributed by atoms with E-state index in [0.717, 1.165) is 75.7 Å². The van der Waals surface area contributed by atoms with Crippen molar-refractivity contribution < 1.29 is 5.11 Å². The molecule has 0 bridgehead atoms. The molecule has 0 atom stereocenters. The number of para-hydroxylation sites is 1. The molecule has 0 radical (unpaired) electrons. The van der Waals surface area contributed by atoms with E-state index in [-0.39, 0.29) is 6.17 Å². The quantitative estimate of drug-likeness (QED) is 0.176. The number of alkyl halides is 4. The van der Waals surface area contributed by atoms with E-state index in [1.54, 1.807) is 6.07 Å². The monoisotopic (exact) mass is 636 g/mol. The summed E-state index contributed by atoms with van der Waals surface area (Å²) >= 11 is 24.1. The number of rotatable bonds is 15. The Bertz CT molecular complexity index is 1100. The van der Waals surface area contributed by atoms with Gasteiger partial charge in [-0.25, -0.2) is 0 Å². The second kappa shape index (κ2) is 16.7. The number of anilines is 2. The van der Waals surface area contributed by atoms with Crippen LogP contribution in [0.5, 0.6) is 5.75 Å². The minimum Gasteiger partial charge on any atom is -0.508 e. The van der Waals surface area contributed by atoms with Crippen LogP contribution in [0.15, 0.2) is 72.8 Å². The zero-order valence-corrected chi connectivity index (χ0v) is 26.5. The van der Waals surface area contributed by atoms with Crippen LogP contribution >= 0.6 is 46.4 Å². The molecule has 0 aliphatic carbocycles. The van der Waals surface area contributed by atoms with Gasteiger partial charge in [-0.3, -0.25) is 9.80 Å². The van der Waals surface area contributed by atoms with Gasteiger partial charge in [0.2, 0.25) is 0 Å². The number of aromatic hydroxyl groups is 1. The molecule has 3 aromatic rings. The first-order valence-electron chi connectivity index (χ1n) is 14.3. The summed E-state index contributed by atoms with van der Waals surface area (Å²) in [4.78, 5) is 9.37. The molecule has 5 nitrogen and oxygen atoms in total. The van der Waals surface area contributed by atoms with E-state index in [1.807, 2.05) is 18.2 Å². The van der Waals surface area contributed by atoms with E-state index < -0.39 is 0 Å². The highest BCUT2D eigenvalue weighted by molar-refractivity contribution is 6.19. The van der Waals surface area contributed by atoms with E-state index in [9.17, 15) is 5.11 Å². The van der Waals surface area contributed by atoms with Crippen LogP contribution in [0.1, 0.15) is 29.3 Å². The normalized spacial score (nSPS) is 14.8. The number of hydrogen-bond acceptors (Lipinski definition) is 5. The summed E-state index contributed by atoms with van der Waals surface area (Å²) in [5, 5.41) is 10.9. The van der Waals surface area contributed by atoms with Crippen molar-refractivity contribution in [1.29, 1.82) is 0 Å². The molecule has 4 rings (SSSR count). The minimum atomic E-state index is -0.0442. The largest absolute Gasteiger partial charge is 0.508 e. The number of nitrogens with zero attached hydrogens (tertiary/aromatic N) is 4. The third-order valence-electron chi connectivity index (χ3n) is 7.59. The Labute approximate surface area is 265 Å². The van der Waals surface area contributed by atoms with Crippen LogP contribution in [0.25, 0.3) is 0 Å². The highest BCUT2D eigenvalue weighted by Gasteiger charge is 2.32. The second-order valence-corrected chi connectivity index (χ2v) is 11.8. The van der Waals surface area contributed by atoms with Gasteiger partial charge in [0.1, 0.15) is 5.75 Å². The maximum Gasteiger partial charge on any atom is 0.121 e. The van der Waals surface area contributed by atoms with Gasteiger partial charge < -0.3 is 14.9 Å². The summed E-state index contributed by atoms with van der Waals surface area (Å²) < 4.78 is 0. The van der Waals surface area contributed by atoms with Crippen molar-refractivity contribution in [3.63, 3.8) is 0 Å². The summed E-state index contributed by atoms with van der Waals surface area (Å²) in [7, 11) is 0. The minimum absolute atomic E-state index is 0.0442. The molecule has 0 aromatic heterocycles. The number of phenols is 1. The van der Waals surface area contributed by atoms with Crippen molar-refractivity contribution in [3.05, 3.63) is 89.5 Å². The molecular formula is C32H40Cl4N4O. The van der Waals surface area contributed by atoms with Gasteiger partial charge >= 0.3 is 0 Å². The van der Waals surface area contributed by atoms with Gasteiger partial charge in [0.05, 0.1) is 6.17 Å². The van der Waals surface area contributed by atoms with Crippen molar-refractivity contribution in [2.75, 3.05) is 72.6 Å². The summed E-state index contributed by atoms with van der Waals surface area (Å²) in [5.41, 5.74) is 5.66. The zero-order chi connectivity index (χ0) is 29.0. The van der Waals surface area contributed by atoms with E-state index in [1.165, 1.54) is 11.1 Å². The second-order valence-electron chi connectivity index (χ2n) is 10.3. The highest BCUT2D eigenvalue weighted by atomic mass is 35.5. The van der Waals surface area contributed by atoms with E-state index in [0.29, 0.717) is 29.3 Å². The van der Waals surface area contributed by atoms with Gasteiger partial charge in [-0.05, 0) is 47.9 Å². The van der Waals surface area contributed by atoms with Gasteiger partial charge in [-0.1, -0.05) is 42.5 Å². The van der Waals surface area contributed by atoms with Gasteiger partial charge in [0.25, 0.3) is 0 Å². The van der Waals surface area contributed by atoms with Gasteiger partial charge in [0.15, 0.2) is 0 Å². The van der Waals surface area contributed by atoms with E-state index >= 15 is 0 Å². The molecule has 0 spiro atoms. The van der Waals surface area contributed by atoms with Crippen molar-refractivity contribution in [1.82, 2.24) is 9.80 Å². The Morgan fingerprint density at radius 1 is 0.610 bits per heavy atom. The highest BCUT2D eigenvalue weighted by Crippen LogP contribution is 2.36. The lowest BCUT2D eigenvalue weighted by Gasteiger charge is -2.44. The van der Waals surface area contributed by atoms with Crippen LogP contribution in [0.2, 0.25) is 0 Å². The summed E-state index contributed by atoms with van der Waals surface area (Å²) in [6.07, 6.45) is 1.01. The van der Waals surface area contributed by atoms with Crippen LogP contribution in [-0.2, 0) is 13.1 Å². The Morgan fingerprint density at radius 2 is 1.02 bits per heavy atom. The third-order valence-corrected chi connectivity index (χ3v) is 8.27. The number of benzene rings is 3. The molecule has 1 aliphatic heterocycles. The molecule has 1 N–H and O–H groups in total. The van der Waals surface area contributed by atoms with E-state index in [4.69, 9.17) is 46.4 Å². The fourth-order valence-electron chi connectivity index (χ4n) is 5.62. The van der Waals surface area contributed by atoms with Crippen molar-refractivity contribution in [2.24, 2.45) is 0 Å². The van der Waals surface area contributed by atoms with Crippen molar-refractivity contribution in [2.45, 2.75) is 25.7 Å². The number of phenolic OH excluding ortho intramolecular Hbond substituents is 1. The Kier molecular flexibility index (Phi) is 13.1. The Morgan fingerprint density at radius 3 is 1.41 bits per heavy atom. The maximum absolute atomic E-state index is 10.9. The lowest BCUT2D eigenvalue weighted by Crippen LogP contribution is -2.46. The predicted molar refractivity (Wildman–Crippen MR) is 176 cm³/mol. The third kappa shape index (κ3) is 8.82. The lowest BCUT2D eigenvalue weighted by molar-refractivity contribution is -0.0103. The first-order valence-corrected chi connectivity index (χ1v) is 16.4. The predicted octanol–water partition coefficient (Wildman–Crippen LogP) is 7.37. The Balaban J connectivity index is 1.54. The fraction of sp³-hybridized carbons (Fsp3) is 0.438. The van der Waals surface area contributed by atoms with Crippen LogP contribution in [0, 0.1) is 0 Å². The molecule has 9 heteroatoms. The summed E-state index contributed by atoms with van der Waals surface area (Å²) in [6, 6.07) is 25.1. The molecule has 3 aromatic carbocycles. The molecule has 0 amide bonds. The van der Waals surface area contributed by atoms with Crippen LogP contribution in [0.3, 0.4) is 0 Å². The molecule has 1 saturated heterocycles. The molecule has 1 aliphatic rings. The van der Waals surface area contributed by atoms with Crippen molar-refractivity contribution >= 4 is 57.8 Å². The van der Waals surface area contributed by atoms with Gasteiger partial charge in [-0.15, -0.1) is 46.4 Å². The van der Waals surface area contributed by atoms with E-state index in [2.05, 4.69) is 68.1 Å². The molecule has 1 heterocycles. The molecule has 0 saturated carbocycles. The molecule has 1 fully saturated rings. The van der Waals surface area contributed by atoms with Gasteiger partial charge in [0, 0.05) is 92.8 Å². The van der Waals surface area contributed by atoms with Crippen molar-refractivity contribution in [3.8, 4) is 5.75 Å². The zero-order valence-electron chi connectivity index (χ0n) is 23.4. The maximum atomic E-state index is 10.9. The van der Waals surface area contributed by atoms with Crippen LogP contribution < -0.4 is 9.80 Å². The summed E-state index contributed by atoms with van der Waals surface area (Å²) in [5.74, 6) is 2.58. The molecule has 222 valence electrons. The summed E-state index contributed by atoms with van der Waals surface area (Å²) in [6.45, 7) is 6.53. The first-order chi connectivity index (χ1) is 20.1. The first kappa shape index (κ1) is 32.1. The van der Waals surface area contributed by atoms with Crippen LogP contribution in [-0.4, -0.2) is 77.7 Å². The SMILES string of the molecule is Oc1ccccc1C1N(Cc2ccc(N(CCCl)CCCl)cc2)CCCN1Cc1ccc(N(CCCl)CCCl)cc1. The topological polar surface area (TPSA) is 33.2 Å². The van der Waals surface area contributed by atoms with Gasteiger partial charge in [-0.2, -0.15) is 0 Å².